The SMILES string of the molecule is CC1CCCN(C(=O)c2cc(S(=O)(=O)Cl)ccc2F)CC1. The van der Waals surface area contributed by atoms with Crippen LogP contribution in [0, 0.1) is 11.7 Å². The molecule has 0 aliphatic carbocycles. The Kier molecular flexibility index (Phi) is 4.88. The first kappa shape index (κ1) is 16.2. The van der Waals surface area contributed by atoms with Crippen molar-refractivity contribution in [2.24, 2.45) is 5.92 Å². The average molecular weight is 334 g/mol. The number of halogens is 2. The topological polar surface area (TPSA) is 54.5 Å². The predicted octanol–water partition coefficient (Wildman–Crippen LogP) is 3.02. The maximum atomic E-state index is 13.9. The molecule has 21 heavy (non-hydrogen) atoms. The lowest BCUT2D eigenvalue weighted by Crippen LogP contribution is -2.32. The van der Waals surface area contributed by atoms with Gasteiger partial charge in [-0.15, -0.1) is 0 Å². The molecule has 0 N–H and O–H groups in total. The Morgan fingerprint density at radius 2 is 2.05 bits per heavy atom. The highest BCUT2D eigenvalue weighted by atomic mass is 35.7. The molecular formula is C14H17ClFNO3S. The van der Waals surface area contributed by atoms with Crippen molar-refractivity contribution in [1.82, 2.24) is 4.90 Å². The summed E-state index contributed by atoms with van der Waals surface area (Å²) in [5, 5.41) is 0. The largest absolute Gasteiger partial charge is 0.339 e. The standard InChI is InChI=1S/C14H17ClFNO3S/c1-10-3-2-7-17(8-6-10)14(18)12-9-11(21(15,19)20)4-5-13(12)16/h4-5,9-10H,2-3,6-8H2,1H3. The van der Waals surface area contributed by atoms with Crippen LogP contribution in [0.2, 0.25) is 0 Å². The van der Waals surface area contributed by atoms with Crippen molar-refractivity contribution < 1.29 is 17.6 Å². The van der Waals surface area contributed by atoms with Crippen LogP contribution in [0.3, 0.4) is 0 Å². The Balaban J connectivity index is 2.30. The summed E-state index contributed by atoms with van der Waals surface area (Å²) in [6, 6.07) is 3.02. The predicted molar refractivity (Wildman–Crippen MR) is 78.4 cm³/mol. The normalized spacial score (nSPS) is 20.1. The molecule has 0 radical (unpaired) electrons. The monoisotopic (exact) mass is 333 g/mol. The van der Waals surface area contributed by atoms with E-state index >= 15 is 0 Å². The zero-order valence-electron chi connectivity index (χ0n) is 11.7. The molecule has 1 aliphatic heterocycles. The quantitative estimate of drug-likeness (QED) is 0.782. The second kappa shape index (κ2) is 6.32. The van der Waals surface area contributed by atoms with Crippen LogP contribution in [-0.2, 0) is 9.05 Å². The van der Waals surface area contributed by atoms with E-state index in [2.05, 4.69) is 6.92 Å². The van der Waals surface area contributed by atoms with Crippen molar-refractivity contribution in [3.63, 3.8) is 0 Å². The molecule has 1 unspecified atom stereocenters. The van der Waals surface area contributed by atoms with Gasteiger partial charge in [0.15, 0.2) is 0 Å². The molecule has 0 bridgehead atoms. The van der Waals surface area contributed by atoms with E-state index in [1.54, 1.807) is 4.90 Å². The van der Waals surface area contributed by atoms with E-state index in [1.165, 1.54) is 0 Å². The van der Waals surface area contributed by atoms with Crippen LogP contribution in [-0.4, -0.2) is 32.3 Å². The molecule has 1 atom stereocenters. The Hall–Kier alpha value is -1.14. The highest BCUT2D eigenvalue weighted by molar-refractivity contribution is 8.13. The van der Waals surface area contributed by atoms with E-state index < -0.39 is 20.8 Å². The number of carbonyl (C=O) groups excluding carboxylic acids is 1. The molecule has 1 aromatic carbocycles. The number of carbonyl (C=O) groups is 1. The molecule has 0 aromatic heterocycles. The molecule has 1 saturated heterocycles. The molecule has 0 saturated carbocycles. The zero-order valence-corrected chi connectivity index (χ0v) is 13.3. The lowest BCUT2D eigenvalue weighted by atomic mass is 10.0. The smallest absolute Gasteiger partial charge is 0.261 e. The summed E-state index contributed by atoms with van der Waals surface area (Å²) in [5.41, 5.74) is -0.244. The van der Waals surface area contributed by atoms with Crippen molar-refractivity contribution in [3.8, 4) is 0 Å². The first-order valence-electron chi connectivity index (χ1n) is 6.82. The average Bonchev–Trinajstić information content (AvgIpc) is 2.62. The Labute approximate surface area is 128 Å². The van der Waals surface area contributed by atoms with Gasteiger partial charge in [-0.3, -0.25) is 4.79 Å². The number of amides is 1. The van der Waals surface area contributed by atoms with Gasteiger partial charge in [0.25, 0.3) is 15.0 Å². The fourth-order valence-corrected chi connectivity index (χ4v) is 3.23. The molecule has 1 aliphatic rings. The second-order valence-corrected chi connectivity index (χ2v) is 7.97. The highest BCUT2D eigenvalue weighted by Gasteiger charge is 2.24. The van der Waals surface area contributed by atoms with E-state index in [0.29, 0.717) is 19.0 Å². The van der Waals surface area contributed by atoms with E-state index in [4.69, 9.17) is 10.7 Å². The van der Waals surface area contributed by atoms with Gasteiger partial charge in [-0.25, -0.2) is 12.8 Å². The molecule has 0 spiro atoms. The first-order chi connectivity index (χ1) is 9.79. The van der Waals surface area contributed by atoms with Crippen molar-refractivity contribution in [2.75, 3.05) is 13.1 Å². The second-order valence-electron chi connectivity index (χ2n) is 5.41. The van der Waals surface area contributed by atoms with E-state index in [-0.39, 0.29) is 10.5 Å². The van der Waals surface area contributed by atoms with Crippen LogP contribution >= 0.6 is 10.7 Å². The summed E-state index contributed by atoms with van der Waals surface area (Å²) in [6.45, 7) is 3.23. The molecule has 7 heteroatoms. The minimum atomic E-state index is -3.99. The molecule has 4 nitrogen and oxygen atoms in total. The van der Waals surface area contributed by atoms with Gasteiger partial charge in [-0.1, -0.05) is 6.92 Å². The van der Waals surface area contributed by atoms with E-state index in [9.17, 15) is 17.6 Å². The van der Waals surface area contributed by atoms with Crippen LogP contribution in [0.25, 0.3) is 0 Å². The summed E-state index contributed by atoms with van der Waals surface area (Å²) in [7, 11) is 1.26. The van der Waals surface area contributed by atoms with Crippen LogP contribution in [0.1, 0.15) is 36.5 Å². The molecule has 2 rings (SSSR count). The lowest BCUT2D eigenvalue weighted by Gasteiger charge is -2.21. The van der Waals surface area contributed by atoms with Gasteiger partial charge in [-0.05, 0) is 43.4 Å². The maximum Gasteiger partial charge on any atom is 0.261 e. The van der Waals surface area contributed by atoms with Gasteiger partial charge in [-0.2, -0.15) is 0 Å². The Morgan fingerprint density at radius 1 is 1.33 bits per heavy atom. The molecule has 1 aromatic rings. The molecule has 1 fully saturated rings. The van der Waals surface area contributed by atoms with Crippen molar-refractivity contribution in [2.45, 2.75) is 31.1 Å². The Bertz CT molecular complexity index is 648. The van der Waals surface area contributed by atoms with Crippen molar-refractivity contribution in [1.29, 1.82) is 0 Å². The number of benzene rings is 1. The van der Waals surface area contributed by atoms with E-state index in [0.717, 1.165) is 37.5 Å². The fraction of sp³-hybridized carbons (Fsp3) is 0.500. The molecule has 116 valence electrons. The minimum Gasteiger partial charge on any atom is -0.339 e. The third-order valence-corrected chi connectivity index (χ3v) is 5.11. The number of nitrogens with zero attached hydrogens (tertiary/aromatic N) is 1. The van der Waals surface area contributed by atoms with Crippen LogP contribution in [0.4, 0.5) is 4.39 Å². The molecular weight excluding hydrogens is 317 g/mol. The van der Waals surface area contributed by atoms with Crippen molar-refractivity contribution in [3.05, 3.63) is 29.6 Å². The number of rotatable bonds is 2. The van der Waals surface area contributed by atoms with Gasteiger partial charge in [0.1, 0.15) is 5.82 Å². The van der Waals surface area contributed by atoms with Gasteiger partial charge >= 0.3 is 0 Å². The fourth-order valence-electron chi connectivity index (χ4n) is 2.46. The summed E-state index contributed by atoms with van der Waals surface area (Å²) < 4.78 is 36.5. The summed E-state index contributed by atoms with van der Waals surface area (Å²) in [4.78, 5) is 13.7. The third-order valence-electron chi connectivity index (χ3n) is 3.75. The van der Waals surface area contributed by atoms with Crippen LogP contribution in [0.15, 0.2) is 23.1 Å². The highest BCUT2D eigenvalue weighted by Crippen LogP contribution is 2.22. The Morgan fingerprint density at radius 3 is 2.71 bits per heavy atom. The molecule has 1 heterocycles. The zero-order chi connectivity index (χ0) is 15.6. The summed E-state index contributed by atoms with van der Waals surface area (Å²) in [6.07, 6.45) is 2.76. The van der Waals surface area contributed by atoms with Crippen LogP contribution in [0.5, 0.6) is 0 Å². The van der Waals surface area contributed by atoms with Gasteiger partial charge < -0.3 is 4.90 Å². The molecule has 1 amide bonds. The van der Waals surface area contributed by atoms with Gasteiger partial charge in [0.2, 0.25) is 0 Å². The van der Waals surface area contributed by atoms with Crippen LogP contribution < -0.4 is 0 Å². The summed E-state index contributed by atoms with van der Waals surface area (Å²) in [5.74, 6) is -0.688. The van der Waals surface area contributed by atoms with Gasteiger partial charge in [0, 0.05) is 23.8 Å². The first-order valence-corrected chi connectivity index (χ1v) is 9.13. The minimum absolute atomic E-state index is 0.244. The number of likely N-dealkylation sites (tertiary alicyclic amines) is 1. The van der Waals surface area contributed by atoms with Crippen molar-refractivity contribution >= 4 is 25.6 Å². The number of hydrogen-bond donors (Lipinski definition) is 0. The number of hydrogen-bond acceptors (Lipinski definition) is 3. The third kappa shape index (κ3) is 3.95. The lowest BCUT2D eigenvalue weighted by molar-refractivity contribution is 0.0755. The maximum absolute atomic E-state index is 13.9. The van der Waals surface area contributed by atoms with E-state index in [1.807, 2.05) is 0 Å². The van der Waals surface area contributed by atoms with Gasteiger partial charge in [0.05, 0.1) is 10.5 Å². The summed E-state index contributed by atoms with van der Waals surface area (Å²) >= 11 is 0.